The van der Waals surface area contributed by atoms with Crippen LogP contribution < -0.4 is 16.0 Å². The van der Waals surface area contributed by atoms with E-state index in [9.17, 15) is 27.6 Å². The van der Waals surface area contributed by atoms with Gasteiger partial charge >= 0.3 is 12.3 Å². The fourth-order valence-electron chi connectivity index (χ4n) is 5.44. The lowest BCUT2D eigenvalue weighted by Crippen LogP contribution is -2.63. The van der Waals surface area contributed by atoms with Crippen LogP contribution in [0.1, 0.15) is 47.2 Å². The van der Waals surface area contributed by atoms with Crippen molar-refractivity contribution >= 4 is 23.6 Å². The van der Waals surface area contributed by atoms with Gasteiger partial charge in [0.05, 0.1) is 23.8 Å². The molecular formula is C26H27F3N4O4. The molecule has 11 heteroatoms. The Morgan fingerprint density at radius 3 is 2.54 bits per heavy atom. The molecule has 0 bridgehead atoms. The zero-order chi connectivity index (χ0) is 26.2. The molecule has 1 saturated heterocycles. The van der Waals surface area contributed by atoms with E-state index in [-0.39, 0.29) is 18.2 Å². The highest BCUT2D eigenvalue weighted by Crippen LogP contribution is 2.47. The molecule has 1 saturated carbocycles. The lowest BCUT2D eigenvalue weighted by molar-refractivity contribution is -0.137. The Morgan fingerprint density at radius 1 is 1.08 bits per heavy atom. The molecule has 2 heterocycles. The van der Waals surface area contributed by atoms with Crippen LogP contribution in [0, 0.1) is 0 Å². The van der Waals surface area contributed by atoms with Crippen LogP contribution in [0.2, 0.25) is 0 Å². The second kappa shape index (κ2) is 9.70. The Labute approximate surface area is 211 Å². The molecular weight excluding hydrogens is 489 g/mol. The standard InChI is InChI=1S/C26H27F3N4O4/c27-26(28,29)17-5-3-4-16(12-17)23(35)30-13-22(34)31-18-14-33(15-18)19-8-10-25(11-9-19)20-6-1-2-7-21(20)32-24(36)37-25/h1-7,12,18-19H,8-11,13-15H2,(H,30,35)(H,31,34)(H,32,36). The van der Waals surface area contributed by atoms with Crippen molar-refractivity contribution in [2.75, 3.05) is 25.0 Å². The molecule has 3 N–H and O–H groups in total. The van der Waals surface area contributed by atoms with E-state index in [2.05, 4.69) is 20.9 Å². The third kappa shape index (κ3) is 5.27. The summed E-state index contributed by atoms with van der Waals surface area (Å²) in [5.74, 6) is -1.14. The monoisotopic (exact) mass is 516 g/mol. The van der Waals surface area contributed by atoms with Crippen LogP contribution in [0.5, 0.6) is 0 Å². The van der Waals surface area contributed by atoms with E-state index in [0.717, 1.165) is 55.1 Å². The molecule has 1 spiro atoms. The van der Waals surface area contributed by atoms with Crippen LogP contribution in [0.25, 0.3) is 0 Å². The van der Waals surface area contributed by atoms with Crippen LogP contribution in [-0.4, -0.2) is 54.5 Å². The Kier molecular flexibility index (Phi) is 6.57. The van der Waals surface area contributed by atoms with E-state index < -0.39 is 35.2 Å². The van der Waals surface area contributed by atoms with Crippen LogP contribution >= 0.6 is 0 Å². The van der Waals surface area contributed by atoms with E-state index in [1.165, 1.54) is 6.07 Å². The van der Waals surface area contributed by atoms with E-state index in [4.69, 9.17) is 4.74 Å². The zero-order valence-corrected chi connectivity index (χ0v) is 19.9. The van der Waals surface area contributed by atoms with Crippen molar-refractivity contribution in [3.63, 3.8) is 0 Å². The molecule has 0 atom stereocenters. The van der Waals surface area contributed by atoms with Crippen molar-refractivity contribution in [3.8, 4) is 0 Å². The number of rotatable bonds is 5. The molecule has 2 aliphatic heterocycles. The van der Waals surface area contributed by atoms with Crippen LogP contribution in [0.4, 0.5) is 23.7 Å². The second-order valence-electron chi connectivity index (χ2n) is 9.77. The normalized spacial score (nSPS) is 23.9. The summed E-state index contributed by atoms with van der Waals surface area (Å²) in [5.41, 5.74) is 0.120. The van der Waals surface area contributed by atoms with Gasteiger partial charge in [0.2, 0.25) is 5.91 Å². The number of ether oxygens (including phenoxy) is 1. The lowest BCUT2D eigenvalue weighted by atomic mass is 9.75. The molecule has 0 radical (unpaired) electrons. The van der Waals surface area contributed by atoms with Gasteiger partial charge in [-0.1, -0.05) is 24.3 Å². The molecule has 1 aliphatic carbocycles. The number of alkyl halides is 3. The average Bonchev–Trinajstić information content (AvgIpc) is 2.85. The van der Waals surface area contributed by atoms with Crippen molar-refractivity contribution in [3.05, 3.63) is 65.2 Å². The first-order chi connectivity index (χ1) is 17.6. The summed E-state index contributed by atoms with van der Waals surface area (Å²) >= 11 is 0. The van der Waals surface area contributed by atoms with Gasteiger partial charge in [0.15, 0.2) is 0 Å². The number of benzene rings is 2. The number of hydrogen-bond acceptors (Lipinski definition) is 5. The number of halogens is 3. The molecule has 8 nitrogen and oxygen atoms in total. The second-order valence-corrected chi connectivity index (χ2v) is 9.77. The summed E-state index contributed by atoms with van der Waals surface area (Å²) in [4.78, 5) is 38.8. The van der Waals surface area contributed by atoms with Gasteiger partial charge in [-0.3, -0.25) is 19.8 Å². The third-order valence-corrected chi connectivity index (χ3v) is 7.36. The number of anilines is 1. The first-order valence-corrected chi connectivity index (χ1v) is 12.2. The largest absolute Gasteiger partial charge is 0.438 e. The maximum atomic E-state index is 12.8. The molecule has 0 unspecified atom stereocenters. The number of para-hydroxylation sites is 1. The number of likely N-dealkylation sites (tertiary alicyclic amines) is 1. The maximum Gasteiger partial charge on any atom is 0.416 e. The van der Waals surface area contributed by atoms with Gasteiger partial charge in [-0.25, -0.2) is 4.79 Å². The summed E-state index contributed by atoms with van der Waals surface area (Å²) in [6, 6.07) is 12.0. The molecule has 3 amide bonds. The number of amides is 3. The van der Waals surface area contributed by atoms with Crippen molar-refractivity contribution < 1.29 is 32.3 Å². The SMILES string of the molecule is O=C(CNC(=O)c1cccc(C(F)(F)F)c1)NC1CN(C2CCC3(CC2)OC(=O)Nc2ccccc23)C1. The molecule has 3 aliphatic rings. The molecule has 2 aromatic carbocycles. The van der Waals surface area contributed by atoms with E-state index >= 15 is 0 Å². The fraction of sp³-hybridized carbons (Fsp3) is 0.423. The number of carbonyl (C=O) groups is 3. The fourth-order valence-corrected chi connectivity index (χ4v) is 5.44. The van der Waals surface area contributed by atoms with Crippen molar-refractivity contribution in [2.24, 2.45) is 0 Å². The number of nitrogens with one attached hydrogen (secondary N) is 3. The van der Waals surface area contributed by atoms with Gasteiger partial charge < -0.3 is 15.4 Å². The molecule has 0 aromatic heterocycles. The lowest BCUT2D eigenvalue weighted by Gasteiger charge is -2.49. The van der Waals surface area contributed by atoms with Gasteiger partial charge in [-0.05, 0) is 49.9 Å². The summed E-state index contributed by atoms with van der Waals surface area (Å²) < 4.78 is 44.3. The maximum absolute atomic E-state index is 12.8. The summed E-state index contributed by atoms with van der Waals surface area (Å²) in [7, 11) is 0. The van der Waals surface area contributed by atoms with Gasteiger partial charge in [-0.2, -0.15) is 13.2 Å². The molecule has 37 heavy (non-hydrogen) atoms. The summed E-state index contributed by atoms with van der Waals surface area (Å²) in [6.45, 7) is 1.02. The predicted molar refractivity (Wildman–Crippen MR) is 128 cm³/mol. The van der Waals surface area contributed by atoms with E-state index in [1.807, 2.05) is 24.3 Å². The van der Waals surface area contributed by atoms with E-state index in [0.29, 0.717) is 19.1 Å². The first kappa shape index (κ1) is 25.1. The Balaban J connectivity index is 1.06. The minimum Gasteiger partial charge on any atom is -0.438 e. The molecule has 2 aromatic rings. The van der Waals surface area contributed by atoms with Crippen LogP contribution in [-0.2, 0) is 21.3 Å². The van der Waals surface area contributed by atoms with Crippen LogP contribution in [0.3, 0.4) is 0 Å². The zero-order valence-electron chi connectivity index (χ0n) is 19.9. The Morgan fingerprint density at radius 2 is 1.81 bits per heavy atom. The number of hydrogen-bond donors (Lipinski definition) is 3. The number of carbonyl (C=O) groups excluding carboxylic acids is 3. The Hall–Kier alpha value is -3.60. The summed E-state index contributed by atoms with van der Waals surface area (Å²) in [6.07, 6.45) is -1.83. The minimum atomic E-state index is -4.55. The predicted octanol–water partition coefficient (Wildman–Crippen LogP) is 3.64. The number of fused-ring (bicyclic) bond motifs is 2. The van der Waals surface area contributed by atoms with Crippen molar-refractivity contribution in [1.29, 1.82) is 0 Å². The van der Waals surface area contributed by atoms with Crippen molar-refractivity contribution in [1.82, 2.24) is 15.5 Å². The van der Waals surface area contributed by atoms with Gasteiger partial charge in [-0.15, -0.1) is 0 Å². The average molecular weight is 517 g/mol. The topological polar surface area (TPSA) is 99.8 Å². The highest BCUT2D eigenvalue weighted by atomic mass is 19.4. The smallest absolute Gasteiger partial charge is 0.416 e. The van der Waals surface area contributed by atoms with E-state index in [1.54, 1.807) is 0 Å². The van der Waals surface area contributed by atoms with Gasteiger partial charge in [0, 0.05) is 30.3 Å². The number of nitrogens with zero attached hydrogens (tertiary/aromatic N) is 1. The van der Waals surface area contributed by atoms with Gasteiger partial charge in [0.25, 0.3) is 5.91 Å². The highest BCUT2D eigenvalue weighted by Gasteiger charge is 2.46. The van der Waals surface area contributed by atoms with Gasteiger partial charge in [0.1, 0.15) is 5.60 Å². The van der Waals surface area contributed by atoms with Crippen molar-refractivity contribution in [2.45, 2.75) is 49.5 Å². The Bertz CT molecular complexity index is 1200. The van der Waals surface area contributed by atoms with Crippen LogP contribution in [0.15, 0.2) is 48.5 Å². The minimum absolute atomic E-state index is 0.0636. The molecule has 2 fully saturated rings. The molecule has 5 rings (SSSR count). The third-order valence-electron chi connectivity index (χ3n) is 7.36. The first-order valence-electron chi connectivity index (χ1n) is 12.2. The quantitative estimate of drug-likeness (QED) is 0.564. The highest BCUT2D eigenvalue weighted by molar-refractivity contribution is 5.96. The molecule has 196 valence electrons. The summed E-state index contributed by atoms with van der Waals surface area (Å²) in [5, 5.41) is 7.99.